The molecule has 0 aliphatic carbocycles. The molecule has 2 aromatic carbocycles. The predicted molar refractivity (Wildman–Crippen MR) is 112 cm³/mol. The molecular formula is C24H24N2O5. The van der Waals surface area contributed by atoms with Crippen LogP contribution in [0.3, 0.4) is 0 Å². The summed E-state index contributed by atoms with van der Waals surface area (Å²) in [6.45, 7) is 3.43. The van der Waals surface area contributed by atoms with Gasteiger partial charge in [0.1, 0.15) is 6.29 Å². The number of esters is 2. The summed E-state index contributed by atoms with van der Waals surface area (Å²) in [4.78, 5) is 38.9. The zero-order chi connectivity index (χ0) is 22.4. The van der Waals surface area contributed by atoms with Crippen LogP contribution in [-0.4, -0.2) is 37.0 Å². The average Bonchev–Trinajstić information content (AvgIpc) is 3.16. The summed E-state index contributed by atoms with van der Waals surface area (Å²) < 4.78 is 10.6. The maximum absolute atomic E-state index is 13.3. The van der Waals surface area contributed by atoms with Gasteiger partial charge in [-0.1, -0.05) is 42.5 Å². The van der Waals surface area contributed by atoms with Gasteiger partial charge in [-0.3, -0.25) is 5.32 Å². The molecule has 160 valence electrons. The van der Waals surface area contributed by atoms with E-state index < -0.39 is 35.4 Å². The van der Waals surface area contributed by atoms with Crippen molar-refractivity contribution in [2.45, 2.75) is 31.3 Å². The van der Waals surface area contributed by atoms with Gasteiger partial charge in [-0.05, 0) is 37.1 Å². The molecule has 2 aromatic rings. The van der Waals surface area contributed by atoms with Crippen LogP contribution in [0.15, 0.2) is 54.6 Å². The Hall–Kier alpha value is -3.50. The first-order chi connectivity index (χ1) is 15.0. The van der Waals surface area contributed by atoms with Crippen LogP contribution >= 0.6 is 0 Å². The first kappa shape index (κ1) is 22.2. The minimum atomic E-state index is -1.89. The van der Waals surface area contributed by atoms with Crippen LogP contribution in [0, 0.1) is 17.2 Å². The van der Waals surface area contributed by atoms with Crippen LogP contribution in [-0.2, 0) is 23.9 Å². The number of nitriles is 1. The summed E-state index contributed by atoms with van der Waals surface area (Å²) in [5.41, 5.74) is -0.111. The number of hydrogen-bond acceptors (Lipinski definition) is 7. The lowest BCUT2D eigenvalue weighted by Gasteiger charge is -2.32. The third-order valence-corrected chi connectivity index (χ3v) is 5.53. The van der Waals surface area contributed by atoms with Gasteiger partial charge in [0.25, 0.3) is 0 Å². The SMILES string of the molecule is CCOC(=O)C1(C(=O)OCC)N[C@H](c2ccc(C#N)cc2)[C@H](C=O)[C@H]1c1ccccc1. The van der Waals surface area contributed by atoms with E-state index in [9.17, 15) is 14.4 Å². The van der Waals surface area contributed by atoms with Gasteiger partial charge in [0.05, 0.1) is 24.8 Å². The van der Waals surface area contributed by atoms with Crippen molar-refractivity contribution < 1.29 is 23.9 Å². The Balaban J connectivity index is 2.21. The highest BCUT2D eigenvalue weighted by Gasteiger charge is 2.65. The van der Waals surface area contributed by atoms with Gasteiger partial charge in [0, 0.05) is 17.9 Å². The van der Waals surface area contributed by atoms with Crippen LogP contribution in [0.2, 0.25) is 0 Å². The first-order valence-electron chi connectivity index (χ1n) is 10.2. The Morgan fingerprint density at radius 1 is 1.00 bits per heavy atom. The summed E-state index contributed by atoms with van der Waals surface area (Å²) in [6.07, 6.45) is 0.758. The Labute approximate surface area is 181 Å². The molecule has 0 radical (unpaired) electrons. The highest BCUT2D eigenvalue weighted by Crippen LogP contribution is 2.49. The molecule has 1 saturated heterocycles. The molecule has 0 spiro atoms. The monoisotopic (exact) mass is 420 g/mol. The lowest BCUT2D eigenvalue weighted by molar-refractivity contribution is -0.166. The van der Waals surface area contributed by atoms with Crippen molar-refractivity contribution in [3.8, 4) is 6.07 Å². The van der Waals surface area contributed by atoms with Gasteiger partial charge in [0.2, 0.25) is 5.54 Å². The van der Waals surface area contributed by atoms with E-state index in [0.717, 1.165) is 6.29 Å². The summed E-state index contributed by atoms with van der Waals surface area (Å²) in [6, 6.07) is 17.0. The van der Waals surface area contributed by atoms with E-state index in [1.165, 1.54) is 0 Å². The fourth-order valence-corrected chi connectivity index (χ4v) is 4.22. The van der Waals surface area contributed by atoms with Crippen LogP contribution in [0.1, 0.15) is 42.5 Å². The Kier molecular flexibility index (Phi) is 6.83. The maximum Gasteiger partial charge on any atom is 0.338 e. The maximum atomic E-state index is 13.3. The quantitative estimate of drug-likeness (QED) is 0.417. The molecule has 0 aromatic heterocycles. The van der Waals surface area contributed by atoms with E-state index in [1.807, 2.05) is 6.07 Å². The molecule has 1 aliphatic heterocycles. The normalized spacial score (nSPS) is 21.6. The molecule has 3 atom stereocenters. The second kappa shape index (κ2) is 9.54. The average molecular weight is 420 g/mol. The molecule has 0 amide bonds. The van der Waals surface area contributed by atoms with E-state index in [4.69, 9.17) is 14.7 Å². The van der Waals surface area contributed by atoms with E-state index in [1.54, 1.807) is 62.4 Å². The van der Waals surface area contributed by atoms with Gasteiger partial charge in [-0.2, -0.15) is 5.26 Å². The molecule has 1 heterocycles. The molecule has 0 bridgehead atoms. The van der Waals surface area contributed by atoms with Crippen molar-refractivity contribution in [3.63, 3.8) is 0 Å². The number of rotatable bonds is 7. The highest BCUT2D eigenvalue weighted by atomic mass is 16.6. The van der Waals surface area contributed by atoms with Crippen molar-refractivity contribution >= 4 is 18.2 Å². The summed E-state index contributed by atoms with van der Waals surface area (Å²) in [5.74, 6) is -3.18. The molecule has 7 nitrogen and oxygen atoms in total. The number of nitrogens with one attached hydrogen (secondary N) is 1. The van der Waals surface area contributed by atoms with Gasteiger partial charge in [-0.25, -0.2) is 9.59 Å². The van der Waals surface area contributed by atoms with Gasteiger partial charge in [-0.15, -0.1) is 0 Å². The summed E-state index contributed by atoms with van der Waals surface area (Å²) in [5, 5.41) is 12.2. The minimum Gasteiger partial charge on any atom is -0.464 e. The van der Waals surface area contributed by atoms with E-state index >= 15 is 0 Å². The van der Waals surface area contributed by atoms with Crippen LogP contribution in [0.5, 0.6) is 0 Å². The smallest absolute Gasteiger partial charge is 0.338 e. The van der Waals surface area contributed by atoms with E-state index in [2.05, 4.69) is 11.4 Å². The molecular weight excluding hydrogens is 396 g/mol. The van der Waals surface area contributed by atoms with Crippen molar-refractivity contribution in [2.24, 2.45) is 5.92 Å². The van der Waals surface area contributed by atoms with Gasteiger partial charge < -0.3 is 14.3 Å². The number of carbonyl (C=O) groups excluding carboxylic acids is 3. The second-order valence-corrected chi connectivity index (χ2v) is 7.21. The number of benzene rings is 2. The molecule has 7 heteroatoms. The van der Waals surface area contributed by atoms with Crippen molar-refractivity contribution in [1.29, 1.82) is 5.26 Å². The molecule has 31 heavy (non-hydrogen) atoms. The van der Waals surface area contributed by atoms with Crippen LogP contribution in [0.4, 0.5) is 0 Å². The fourth-order valence-electron chi connectivity index (χ4n) is 4.22. The van der Waals surface area contributed by atoms with Gasteiger partial charge in [0.15, 0.2) is 0 Å². The summed E-state index contributed by atoms with van der Waals surface area (Å²) >= 11 is 0. The van der Waals surface area contributed by atoms with Crippen molar-refractivity contribution in [1.82, 2.24) is 5.32 Å². The highest BCUT2D eigenvalue weighted by molar-refractivity contribution is 6.07. The third kappa shape index (κ3) is 3.94. The van der Waals surface area contributed by atoms with Crippen molar-refractivity contribution in [3.05, 3.63) is 71.3 Å². The molecule has 1 fully saturated rings. The molecule has 3 rings (SSSR count). The van der Waals surface area contributed by atoms with E-state index in [0.29, 0.717) is 16.7 Å². The topological polar surface area (TPSA) is 105 Å². The Morgan fingerprint density at radius 2 is 1.58 bits per heavy atom. The predicted octanol–water partition coefficient (Wildman–Crippen LogP) is 2.67. The number of aldehydes is 1. The summed E-state index contributed by atoms with van der Waals surface area (Å²) in [7, 11) is 0. The number of hydrogen-bond donors (Lipinski definition) is 1. The minimum absolute atomic E-state index is 0.0659. The largest absolute Gasteiger partial charge is 0.464 e. The van der Waals surface area contributed by atoms with Crippen molar-refractivity contribution in [2.75, 3.05) is 13.2 Å². The second-order valence-electron chi connectivity index (χ2n) is 7.21. The zero-order valence-electron chi connectivity index (χ0n) is 17.4. The van der Waals surface area contributed by atoms with Gasteiger partial charge >= 0.3 is 11.9 Å². The van der Waals surface area contributed by atoms with Crippen LogP contribution < -0.4 is 5.32 Å². The zero-order valence-corrected chi connectivity index (χ0v) is 17.4. The van der Waals surface area contributed by atoms with Crippen LogP contribution in [0.25, 0.3) is 0 Å². The standard InChI is InChI=1S/C24H24N2O5/c1-3-30-22(28)24(23(29)31-4-2)20(17-8-6-5-7-9-17)19(15-27)21(26-24)18-12-10-16(14-25)11-13-18/h5-13,15,19-21,26H,3-4H2,1-2H3/t19-,20-,21-/m1/s1. The molecule has 1 N–H and O–H groups in total. The molecule has 0 saturated carbocycles. The van der Waals surface area contributed by atoms with E-state index in [-0.39, 0.29) is 13.2 Å². The third-order valence-electron chi connectivity index (χ3n) is 5.53. The number of nitrogens with zero attached hydrogens (tertiary/aromatic N) is 1. The first-order valence-corrected chi connectivity index (χ1v) is 10.2. The lowest BCUT2D eigenvalue weighted by atomic mass is 9.74. The Bertz CT molecular complexity index is 963. The number of ether oxygens (including phenoxy) is 2. The molecule has 1 aliphatic rings. The lowest BCUT2D eigenvalue weighted by Crippen LogP contribution is -2.59. The molecule has 0 unspecified atom stereocenters. The fraction of sp³-hybridized carbons (Fsp3) is 0.333. The Morgan fingerprint density at radius 3 is 2.06 bits per heavy atom. The number of carbonyl (C=O) groups is 3.